The molecule has 1 atom stereocenters. The molecule has 1 aromatic heterocycles. The Bertz CT molecular complexity index is 1380. The van der Waals surface area contributed by atoms with Crippen LogP contribution in [0.2, 0.25) is 0 Å². The number of esters is 1. The normalized spacial score (nSPS) is 15.6. The summed E-state index contributed by atoms with van der Waals surface area (Å²) in [5.74, 6) is 0.941. The van der Waals surface area contributed by atoms with Crippen LogP contribution in [0.25, 0.3) is 6.08 Å². The van der Waals surface area contributed by atoms with Crippen LogP contribution in [0.15, 0.2) is 69.6 Å². The fourth-order valence-electron chi connectivity index (χ4n) is 3.74. The van der Waals surface area contributed by atoms with E-state index in [4.69, 9.17) is 14.2 Å². The van der Waals surface area contributed by atoms with Gasteiger partial charge >= 0.3 is 5.97 Å². The van der Waals surface area contributed by atoms with Crippen molar-refractivity contribution in [1.82, 2.24) is 4.57 Å². The van der Waals surface area contributed by atoms with E-state index in [1.807, 2.05) is 42.5 Å². The summed E-state index contributed by atoms with van der Waals surface area (Å²) >= 11 is 1.29. The minimum Gasteiger partial charge on any atom is -0.497 e. The molecule has 33 heavy (non-hydrogen) atoms. The monoisotopic (exact) mass is 464 g/mol. The van der Waals surface area contributed by atoms with Gasteiger partial charge in [-0.15, -0.1) is 0 Å². The second kappa shape index (κ2) is 9.46. The van der Waals surface area contributed by atoms with Crippen LogP contribution in [-0.2, 0) is 9.53 Å². The lowest BCUT2D eigenvalue weighted by atomic mass is 9.96. The van der Waals surface area contributed by atoms with Crippen molar-refractivity contribution in [3.05, 3.63) is 90.6 Å². The van der Waals surface area contributed by atoms with Crippen molar-refractivity contribution in [3.63, 3.8) is 0 Å². The average Bonchev–Trinajstić information content (AvgIpc) is 3.13. The summed E-state index contributed by atoms with van der Waals surface area (Å²) in [4.78, 5) is 31.6. The molecule has 0 amide bonds. The maximum atomic E-state index is 13.5. The van der Waals surface area contributed by atoms with Gasteiger partial charge in [-0.1, -0.05) is 35.6 Å². The van der Waals surface area contributed by atoms with Crippen molar-refractivity contribution in [2.24, 2.45) is 4.99 Å². The van der Waals surface area contributed by atoms with E-state index in [0.29, 0.717) is 26.4 Å². The quantitative estimate of drug-likeness (QED) is 0.524. The number of carbonyl (C=O) groups is 1. The van der Waals surface area contributed by atoms with Gasteiger partial charge in [0, 0.05) is 0 Å². The van der Waals surface area contributed by atoms with Gasteiger partial charge in [0.15, 0.2) is 4.80 Å². The van der Waals surface area contributed by atoms with Gasteiger partial charge < -0.3 is 14.2 Å². The Morgan fingerprint density at radius 2 is 1.67 bits per heavy atom. The average molecular weight is 465 g/mol. The summed E-state index contributed by atoms with van der Waals surface area (Å²) in [6, 6.07) is 14.1. The van der Waals surface area contributed by atoms with Crippen molar-refractivity contribution in [2.45, 2.75) is 19.9 Å². The Kier molecular flexibility index (Phi) is 6.46. The first-order chi connectivity index (χ1) is 16.0. The molecule has 0 spiro atoms. The van der Waals surface area contributed by atoms with Crippen LogP contribution in [0.4, 0.5) is 0 Å². The zero-order valence-electron chi connectivity index (χ0n) is 18.8. The van der Waals surface area contributed by atoms with Crippen LogP contribution in [-0.4, -0.2) is 31.4 Å². The molecule has 4 rings (SSSR count). The van der Waals surface area contributed by atoms with Crippen LogP contribution in [0.5, 0.6) is 11.5 Å². The topological polar surface area (TPSA) is 79.1 Å². The van der Waals surface area contributed by atoms with E-state index >= 15 is 0 Å². The third-order valence-corrected chi connectivity index (χ3v) is 6.35. The number of thiazole rings is 1. The Morgan fingerprint density at radius 1 is 1.06 bits per heavy atom. The highest BCUT2D eigenvalue weighted by atomic mass is 32.1. The molecule has 0 fully saturated rings. The van der Waals surface area contributed by atoms with Gasteiger partial charge in [-0.05, 0) is 55.3 Å². The number of hydrogen-bond donors (Lipinski definition) is 0. The molecule has 2 heterocycles. The molecular weight excluding hydrogens is 440 g/mol. The van der Waals surface area contributed by atoms with E-state index < -0.39 is 12.0 Å². The minimum absolute atomic E-state index is 0.218. The SMILES string of the molecule is CCOC(=O)C1=C(C)N=c2s/c(=C/c3ccc(OC)cc3)c(=O)n2[C@@H]1c1ccc(OC)cc1. The van der Waals surface area contributed by atoms with Crippen molar-refractivity contribution >= 4 is 23.4 Å². The first-order valence-electron chi connectivity index (χ1n) is 10.4. The smallest absolute Gasteiger partial charge is 0.338 e. The molecular formula is C25H24N2O5S. The molecule has 0 N–H and O–H groups in total. The second-order valence-corrected chi connectivity index (χ2v) is 8.36. The van der Waals surface area contributed by atoms with Crippen molar-refractivity contribution in [1.29, 1.82) is 0 Å². The maximum absolute atomic E-state index is 13.5. The van der Waals surface area contributed by atoms with E-state index in [9.17, 15) is 9.59 Å². The Morgan fingerprint density at radius 3 is 2.24 bits per heavy atom. The molecule has 3 aromatic rings. The first kappa shape index (κ1) is 22.5. The second-order valence-electron chi connectivity index (χ2n) is 7.35. The number of ether oxygens (including phenoxy) is 3. The fraction of sp³-hybridized carbons (Fsp3) is 0.240. The van der Waals surface area contributed by atoms with Gasteiger partial charge in [-0.2, -0.15) is 0 Å². The first-order valence-corrected chi connectivity index (χ1v) is 11.3. The summed E-state index contributed by atoms with van der Waals surface area (Å²) in [5, 5.41) is 0. The third-order valence-electron chi connectivity index (χ3n) is 5.36. The number of aromatic nitrogens is 1. The Balaban J connectivity index is 1.90. The predicted octanol–water partition coefficient (Wildman–Crippen LogP) is 2.82. The highest BCUT2D eigenvalue weighted by Gasteiger charge is 2.33. The zero-order chi connectivity index (χ0) is 23.5. The van der Waals surface area contributed by atoms with Gasteiger partial charge in [0.2, 0.25) is 0 Å². The minimum atomic E-state index is -0.649. The summed E-state index contributed by atoms with van der Waals surface area (Å²) in [6.07, 6.45) is 1.82. The van der Waals surface area contributed by atoms with Crippen molar-refractivity contribution in [3.8, 4) is 11.5 Å². The van der Waals surface area contributed by atoms with Gasteiger partial charge in [0.1, 0.15) is 11.5 Å². The summed E-state index contributed by atoms with van der Waals surface area (Å²) in [5.41, 5.74) is 2.30. The van der Waals surface area contributed by atoms with Crippen LogP contribution in [0, 0.1) is 0 Å². The summed E-state index contributed by atoms with van der Waals surface area (Å²) in [6.45, 7) is 3.75. The van der Waals surface area contributed by atoms with E-state index in [2.05, 4.69) is 4.99 Å². The molecule has 0 unspecified atom stereocenters. The van der Waals surface area contributed by atoms with Gasteiger partial charge in [-0.3, -0.25) is 9.36 Å². The van der Waals surface area contributed by atoms with Crippen LogP contribution < -0.4 is 24.4 Å². The molecule has 0 aliphatic carbocycles. The number of benzene rings is 2. The lowest BCUT2D eigenvalue weighted by Crippen LogP contribution is -2.39. The lowest BCUT2D eigenvalue weighted by molar-refractivity contribution is -0.139. The van der Waals surface area contributed by atoms with Crippen LogP contribution >= 0.6 is 11.3 Å². The molecule has 1 aliphatic heterocycles. The number of rotatable bonds is 6. The molecule has 8 heteroatoms. The molecule has 0 bridgehead atoms. The largest absolute Gasteiger partial charge is 0.497 e. The zero-order valence-corrected chi connectivity index (χ0v) is 19.6. The highest BCUT2D eigenvalue weighted by Crippen LogP contribution is 2.31. The van der Waals surface area contributed by atoms with Gasteiger partial charge in [0.25, 0.3) is 5.56 Å². The fourth-order valence-corrected chi connectivity index (χ4v) is 4.79. The number of hydrogen-bond acceptors (Lipinski definition) is 7. The molecule has 7 nitrogen and oxygen atoms in total. The number of fused-ring (bicyclic) bond motifs is 1. The number of allylic oxidation sites excluding steroid dienone is 1. The van der Waals surface area contributed by atoms with E-state index in [-0.39, 0.29) is 12.2 Å². The number of methoxy groups -OCH3 is 2. The molecule has 0 saturated heterocycles. The van der Waals surface area contributed by atoms with Crippen molar-refractivity contribution in [2.75, 3.05) is 20.8 Å². The Labute approximate surface area is 194 Å². The van der Waals surface area contributed by atoms with E-state index in [0.717, 1.165) is 16.9 Å². The molecule has 0 saturated carbocycles. The highest BCUT2D eigenvalue weighted by molar-refractivity contribution is 7.07. The summed E-state index contributed by atoms with van der Waals surface area (Å²) < 4.78 is 17.9. The molecule has 0 radical (unpaired) electrons. The van der Waals surface area contributed by atoms with E-state index in [1.54, 1.807) is 44.8 Å². The lowest BCUT2D eigenvalue weighted by Gasteiger charge is -2.24. The van der Waals surface area contributed by atoms with Crippen LogP contribution in [0.1, 0.15) is 31.0 Å². The maximum Gasteiger partial charge on any atom is 0.338 e. The summed E-state index contributed by atoms with van der Waals surface area (Å²) in [7, 11) is 3.20. The van der Waals surface area contributed by atoms with E-state index in [1.165, 1.54) is 11.3 Å². The third kappa shape index (κ3) is 4.34. The van der Waals surface area contributed by atoms with Gasteiger partial charge in [-0.25, -0.2) is 9.79 Å². The molecule has 170 valence electrons. The molecule has 2 aromatic carbocycles. The predicted molar refractivity (Wildman–Crippen MR) is 126 cm³/mol. The van der Waals surface area contributed by atoms with Gasteiger partial charge in [0.05, 0.1) is 42.7 Å². The standard InChI is InChI=1S/C25H24N2O5S/c1-5-32-24(29)21-15(2)26-25-27(22(21)17-8-12-19(31-4)13-9-17)23(28)20(33-25)14-16-6-10-18(30-3)11-7-16/h6-14,22H,5H2,1-4H3/b20-14+/t22-/m1/s1. The Hall–Kier alpha value is -3.65. The van der Waals surface area contributed by atoms with Crippen molar-refractivity contribution < 1.29 is 19.0 Å². The number of carbonyl (C=O) groups excluding carboxylic acids is 1. The number of nitrogens with zero attached hydrogens (tertiary/aromatic N) is 2. The van der Waals surface area contributed by atoms with Crippen LogP contribution in [0.3, 0.4) is 0 Å². The molecule has 1 aliphatic rings.